The standard InChI is InChI=1S/C20H26N6O3S/c27-20(16-5-2-1-3-6-16)26-13-11-25(12-14-26)19-18(22-9-10-23-19)24-30(28,29)17-7-4-8-21-15-17/h4,7-10,15-16H,1-3,5-6,11-14H2,(H,22,24). The first-order chi connectivity index (χ1) is 14.5. The number of sulfonamides is 1. The molecule has 1 saturated heterocycles. The third-order valence-corrected chi connectivity index (χ3v) is 7.02. The normalized spacial score (nSPS) is 18.3. The summed E-state index contributed by atoms with van der Waals surface area (Å²) in [5.41, 5.74) is 0. The van der Waals surface area contributed by atoms with Crippen LogP contribution in [0.2, 0.25) is 0 Å². The molecule has 2 aliphatic rings. The van der Waals surface area contributed by atoms with Crippen LogP contribution in [0.15, 0.2) is 41.8 Å². The molecule has 0 spiro atoms. The Morgan fingerprint density at radius 2 is 1.73 bits per heavy atom. The largest absolute Gasteiger partial charge is 0.350 e. The van der Waals surface area contributed by atoms with E-state index >= 15 is 0 Å². The molecular formula is C20H26N6O3S. The Morgan fingerprint density at radius 3 is 2.43 bits per heavy atom. The fraction of sp³-hybridized carbons (Fsp3) is 0.500. The number of anilines is 2. The molecule has 1 amide bonds. The number of hydrogen-bond acceptors (Lipinski definition) is 7. The van der Waals surface area contributed by atoms with Gasteiger partial charge in [0.25, 0.3) is 10.0 Å². The zero-order chi connectivity index (χ0) is 21.0. The second-order valence-corrected chi connectivity index (χ2v) is 9.35. The fourth-order valence-electron chi connectivity index (χ4n) is 4.07. The van der Waals surface area contributed by atoms with Gasteiger partial charge < -0.3 is 9.80 Å². The van der Waals surface area contributed by atoms with Crippen molar-refractivity contribution in [3.05, 3.63) is 36.9 Å². The van der Waals surface area contributed by atoms with Crippen molar-refractivity contribution in [1.82, 2.24) is 19.9 Å². The Hall–Kier alpha value is -2.75. The number of pyridine rings is 1. The fourth-order valence-corrected chi connectivity index (χ4v) is 5.05. The van der Waals surface area contributed by atoms with E-state index in [0.717, 1.165) is 25.7 Å². The van der Waals surface area contributed by atoms with Crippen molar-refractivity contribution in [2.24, 2.45) is 5.92 Å². The van der Waals surface area contributed by atoms with Gasteiger partial charge in [0, 0.05) is 56.9 Å². The summed E-state index contributed by atoms with van der Waals surface area (Å²) >= 11 is 0. The zero-order valence-electron chi connectivity index (χ0n) is 16.8. The molecule has 1 N–H and O–H groups in total. The van der Waals surface area contributed by atoms with E-state index in [1.165, 1.54) is 37.3 Å². The van der Waals surface area contributed by atoms with Crippen LogP contribution in [0, 0.1) is 5.92 Å². The molecule has 3 heterocycles. The lowest BCUT2D eigenvalue weighted by Gasteiger charge is -2.37. The SMILES string of the molecule is O=C(C1CCCCC1)N1CCN(c2nccnc2NS(=O)(=O)c2cccnc2)CC1. The first-order valence-electron chi connectivity index (χ1n) is 10.3. The van der Waals surface area contributed by atoms with E-state index < -0.39 is 10.0 Å². The predicted molar refractivity (Wildman–Crippen MR) is 112 cm³/mol. The van der Waals surface area contributed by atoms with E-state index in [1.54, 1.807) is 6.07 Å². The number of nitrogens with zero attached hydrogens (tertiary/aromatic N) is 5. The predicted octanol–water partition coefficient (Wildman–Crippen LogP) is 1.90. The maximum absolute atomic E-state index is 12.8. The Labute approximate surface area is 176 Å². The molecule has 0 bridgehead atoms. The molecule has 4 rings (SSSR count). The van der Waals surface area contributed by atoms with Gasteiger partial charge in [0.15, 0.2) is 11.6 Å². The first-order valence-corrected chi connectivity index (χ1v) is 11.8. The number of rotatable bonds is 5. The van der Waals surface area contributed by atoms with E-state index in [4.69, 9.17) is 0 Å². The third-order valence-electron chi connectivity index (χ3n) is 5.70. The van der Waals surface area contributed by atoms with Gasteiger partial charge >= 0.3 is 0 Å². The lowest BCUT2D eigenvalue weighted by Crippen LogP contribution is -2.51. The van der Waals surface area contributed by atoms with E-state index in [-0.39, 0.29) is 22.5 Å². The molecule has 2 fully saturated rings. The molecule has 10 heteroatoms. The minimum Gasteiger partial charge on any atom is -0.350 e. The Morgan fingerprint density at radius 1 is 1.00 bits per heavy atom. The molecule has 0 radical (unpaired) electrons. The van der Waals surface area contributed by atoms with Crippen LogP contribution in [-0.2, 0) is 14.8 Å². The van der Waals surface area contributed by atoms with Crippen LogP contribution < -0.4 is 9.62 Å². The van der Waals surface area contributed by atoms with Crippen LogP contribution in [0.5, 0.6) is 0 Å². The molecule has 1 aliphatic heterocycles. The van der Waals surface area contributed by atoms with Gasteiger partial charge in [-0.25, -0.2) is 18.4 Å². The number of carbonyl (C=O) groups is 1. The molecule has 0 atom stereocenters. The van der Waals surface area contributed by atoms with Gasteiger partial charge in [0.05, 0.1) is 0 Å². The lowest BCUT2D eigenvalue weighted by atomic mass is 9.88. The summed E-state index contributed by atoms with van der Waals surface area (Å²) in [6, 6.07) is 3.04. The third kappa shape index (κ3) is 4.53. The summed E-state index contributed by atoms with van der Waals surface area (Å²) in [6.45, 7) is 2.36. The van der Waals surface area contributed by atoms with Crippen molar-refractivity contribution in [1.29, 1.82) is 0 Å². The monoisotopic (exact) mass is 430 g/mol. The highest BCUT2D eigenvalue weighted by Crippen LogP contribution is 2.27. The zero-order valence-corrected chi connectivity index (χ0v) is 17.6. The van der Waals surface area contributed by atoms with Gasteiger partial charge in [-0.05, 0) is 25.0 Å². The minimum absolute atomic E-state index is 0.0597. The van der Waals surface area contributed by atoms with E-state index in [1.807, 2.05) is 9.80 Å². The molecule has 0 unspecified atom stereocenters. The summed E-state index contributed by atoms with van der Waals surface area (Å²) in [5.74, 6) is 1.05. The number of amides is 1. The smallest absolute Gasteiger partial charge is 0.264 e. The van der Waals surface area contributed by atoms with E-state index in [2.05, 4.69) is 19.7 Å². The lowest BCUT2D eigenvalue weighted by molar-refractivity contribution is -0.136. The molecule has 2 aromatic heterocycles. The molecule has 1 aliphatic carbocycles. The molecule has 160 valence electrons. The summed E-state index contributed by atoms with van der Waals surface area (Å²) in [5, 5.41) is 0. The van der Waals surface area contributed by atoms with Crippen LogP contribution >= 0.6 is 0 Å². The molecule has 30 heavy (non-hydrogen) atoms. The van der Waals surface area contributed by atoms with Gasteiger partial charge in [-0.3, -0.25) is 14.5 Å². The van der Waals surface area contributed by atoms with E-state index in [0.29, 0.717) is 32.0 Å². The maximum Gasteiger partial charge on any atom is 0.264 e. The molecule has 0 aromatic carbocycles. The first kappa shape index (κ1) is 20.5. The summed E-state index contributed by atoms with van der Waals surface area (Å²) < 4.78 is 27.8. The minimum atomic E-state index is -3.82. The Balaban J connectivity index is 1.44. The van der Waals surface area contributed by atoms with Crippen molar-refractivity contribution in [3.8, 4) is 0 Å². The number of piperazine rings is 1. The highest BCUT2D eigenvalue weighted by atomic mass is 32.2. The number of nitrogens with one attached hydrogen (secondary N) is 1. The quantitative estimate of drug-likeness (QED) is 0.772. The number of hydrogen-bond donors (Lipinski definition) is 1. The number of aromatic nitrogens is 3. The molecule has 9 nitrogen and oxygen atoms in total. The van der Waals surface area contributed by atoms with Crippen molar-refractivity contribution >= 4 is 27.6 Å². The van der Waals surface area contributed by atoms with Crippen LogP contribution in [0.25, 0.3) is 0 Å². The second kappa shape index (κ2) is 8.95. The van der Waals surface area contributed by atoms with Crippen LogP contribution in [-0.4, -0.2) is 60.4 Å². The van der Waals surface area contributed by atoms with Gasteiger partial charge in [-0.15, -0.1) is 0 Å². The summed E-state index contributed by atoms with van der Waals surface area (Å²) in [7, 11) is -3.82. The highest BCUT2D eigenvalue weighted by Gasteiger charge is 2.30. The van der Waals surface area contributed by atoms with Crippen molar-refractivity contribution in [2.75, 3.05) is 35.8 Å². The average Bonchev–Trinajstić information content (AvgIpc) is 2.80. The summed E-state index contributed by atoms with van der Waals surface area (Å²) in [6.07, 6.45) is 11.3. The van der Waals surface area contributed by atoms with Crippen LogP contribution in [0.1, 0.15) is 32.1 Å². The van der Waals surface area contributed by atoms with Crippen molar-refractivity contribution < 1.29 is 13.2 Å². The number of carbonyl (C=O) groups excluding carboxylic acids is 1. The molecular weight excluding hydrogens is 404 g/mol. The Kier molecular flexibility index (Phi) is 6.12. The van der Waals surface area contributed by atoms with Crippen LogP contribution in [0.4, 0.5) is 11.6 Å². The van der Waals surface area contributed by atoms with Gasteiger partial charge in [-0.2, -0.15) is 0 Å². The second-order valence-electron chi connectivity index (χ2n) is 7.67. The van der Waals surface area contributed by atoms with Gasteiger partial charge in [-0.1, -0.05) is 19.3 Å². The van der Waals surface area contributed by atoms with E-state index in [9.17, 15) is 13.2 Å². The molecule has 1 saturated carbocycles. The topological polar surface area (TPSA) is 108 Å². The van der Waals surface area contributed by atoms with Crippen molar-refractivity contribution in [2.45, 2.75) is 37.0 Å². The highest BCUT2D eigenvalue weighted by molar-refractivity contribution is 7.92. The summed E-state index contributed by atoms with van der Waals surface area (Å²) in [4.78, 5) is 29.2. The van der Waals surface area contributed by atoms with Gasteiger partial charge in [0.1, 0.15) is 4.90 Å². The Bertz CT molecular complexity index is 971. The molecule has 2 aromatic rings. The van der Waals surface area contributed by atoms with Gasteiger partial charge in [0.2, 0.25) is 5.91 Å². The average molecular weight is 431 g/mol. The maximum atomic E-state index is 12.8. The van der Waals surface area contributed by atoms with Crippen molar-refractivity contribution in [3.63, 3.8) is 0 Å². The van der Waals surface area contributed by atoms with Crippen LogP contribution in [0.3, 0.4) is 0 Å².